The zero-order valence-corrected chi connectivity index (χ0v) is 14.7. The van der Waals surface area contributed by atoms with Crippen LogP contribution in [-0.2, 0) is 17.2 Å². The second-order valence-electron chi connectivity index (χ2n) is 4.32. The number of hydrogen-bond acceptors (Lipinski definition) is 5. The first-order valence-electron chi connectivity index (χ1n) is 5.72. The van der Waals surface area contributed by atoms with Crippen LogP contribution in [0, 0.1) is 6.92 Å². The molecule has 1 unspecified atom stereocenters. The largest absolute Gasteiger partial charge is 1.00 e. The fourth-order valence-corrected chi connectivity index (χ4v) is 2.58. The van der Waals surface area contributed by atoms with Crippen LogP contribution in [0.1, 0.15) is 16.7 Å². The molecule has 0 aliphatic heterocycles. The van der Waals surface area contributed by atoms with Gasteiger partial charge < -0.3 is 9.66 Å². The van der Waals surface area contributed by atoms with E-state index in [1.807, 2.05) is 0 Å². The van der Waals surface area contributed by atoms with Crippen LogP contribution in [0.4, 0.5) is 0 Å². The van der Waals surface area contributed by atoms with Crippen LogP contribution in [0.15, 0.2) is 35.1 Å². The minimum Gasteiger partial charge on any atom is -0.746 e. The van der Waals surface area contributed by atoms with Crippen LogP contribution in [0.3, 0.4) is 0 Å². The van der Waals surface area contributed by atoms with E-state index < -0.39 is 26.7 Å². The Labute approximate surface area is 143 Å². The van der Waals surface area contributed by atoms with E-state index in [0.29, 0.717) is 5.69 Å². The topological polar surface area (TPSA) is 104 Å². The molecule has 0 aliphatic carbocycles. The molecule has 21 heavy (non-hydrogen) atoms. The first kappa shape index (κ1) is 18.1. The van der Waals surface area contributed by atoms with Gasteiger partial charge >= 0.3 is 29.6 Å². The van der Waals surface area contributed by atoms with Crippen molar-refractivity contribution in [3.63, 3.8) is 0 Å². The maximum absolute atomic E-state index is 12.3. The van der Waals surface area contributed by atoms with Crippen molar-refractivity contribution in [2.24, 2.45) is 7.05 Å². The molecule has 0 radical (unpaired) electrons. The maximum atomic E-state index is 12.3. The van der Waals surface area contributed by atoms with E-state index in [1.54, 1.807) is 30.3 Å². The molecule has 2 rings (SSSR count). The van der Waals surface area contributed by atoms with Crippen molar-refractivity contribution in [2.45, 2.75) is 12.4 Å². The van der Waals surface area contributed by atoms with E-state index in [4.69, 9.17) is 0 Å². The number of aliphatic hydroxyl groups excluding tert-OH is 1. The Kier molecular flexibility index (Phi) is 5.59. The summed E-state index contributed by atoms with van der Waals surface area (Å²) < 4.78 is 35.4. The van der Waals surface area contributed by atoms with Crippen molar-refractivity contribution in [3.8, 4) is 5.69 Å². The summed E-state index contributed by atoms with van der Waals surface area (Å²) >= 11 is 0. The van der Waals surface area contributed by atoms with E-state index >= 15 is 0 Å². The zero-order valence-electron chi connectivity index (χ0n) is 11.8. The van der Waals surface area contributed by atoms with Crippen molar-refractivity contribution in [2.75, 3.05) is 0 Å². The molecule has 0 spiro atoms. The predicted octanol–water partition coefficient (Wildman–Crippen LogP) is -2.98. The average Bonchev–Trinajstić information content (AvgIpc) is 2.60. The summed E-state index contributed by atoms with van der Waals surface area (Å²) in [7, 11) is -3.47. The third-order valence-corrected chi connectivity index (χ3v) is 3.90. The van der Waals surface area contributed by atoms with Gasteiger partial charge in [-0.1, -0.05) is 18.2 Å². The van der Waals surface area contributed by atoms with Gasteiger partial charge in [0.25, 0.3) is 5.56 Å². The molecular formula is C12H13N2NaO5S. The number of para-hydroxylation sites is 1. The van der Waals surface area contributed by atoms with Crippen LogP contribution in [0.5, 0.6) is 0 Å². The predicted molar refractivity (Wildman–Crippen MR) is 70.4 cm³/mol. The first-order chi connectivity index (χ1) is 9.25. The molecule has 1 aromatic carbocycles. The van der Waals surface area contributed by atoms with Crippen molar-refractivity contribution in [1.82, 2.24) is 9.36 Å². The molecule has 1 atom stereocenters. The molecule has 0 fully saturated rings. The quantitative estimate of drug-likeness (QED) is 0.480. The van der Waals surface area contributed by atoms with Crippen molar-refractivity contribution < 1.29 is 47.6 Å². The van der Waals surface area contributed by atoms with E-state index in [-0.39, 0.29) is 35.3 Å². The summed E-state index contributed by atoms with van der Waals surface area (Å²) in [6.45, 7) is 1.46. The van der Waals surface area contributed by atoms with Crippen LogP contribution in [0.2, 0.25) is 0 Å². The minimum absolute atomic E-state index is 0. The molecule has 0 saturated heterocycles. The molecule has 7 nitrogen and oxygen atoms in total. The van der Waals surface area contributed by atoms with Gasteiger partial charge in [0.1, 0.15) is 10.1 Å². The Morgan fingerprint density at radius 3 is 2.24 bits per heavy atom. The Morgan fingerprint density at radius 1 is 1.24 bits per heavy atom. The molecule has 1 aromatic heterocycles. The van der Waals surface area contributed by atoms with Gasteiger partial charge in [0.15, 0.2) is 5.44 Å². The third kappa shape index (κ3) is 3.31. The summed E-state index contributed by atoms with van der Waals surface area (Å²) in [5.41, 5.74) is -2.81. The molecule has 0 saturated carbocycles. The fourth-order valence-electron chi connectivity index (χ4n) is 2.02. The van der Waals surface area contributed by atoms with Crippen molar-refractivity contribution in [1.29, 1.82) is 0 Å². The number of aromatic nitrogens is 2. The molecule has 9 heteroatoms. The molecule has 0 aliphatic rings. The normalized spacial score (nSPS) is 12.8. The van der Waals surface area contributed by atoms with Gasteiger partial charge in [-0.15, -0.1) is 0 Å². The van der Waals surface area contributed by atoms with Crippen molar-refractivity contribution in [3.05, 3.63) is 51.9 Å². The number of benzene rings is 1. The first-order valence-corrected chi connectivity index (χ1v) is 7.19. The Hall–Kier alpha value is -0.900. The number of aliphatic hydroxyl groups is 1. The maximum Gasteiger partial charge on any atom is 1.00 e. The summed E-state index contributed by atoms with van der Waals surface area (Å²) in [5, 5.41) is 9.58. The Morgan fingerprint density at radius 2 is 1.76 bits per heavy atom. The summed E-state index contributed by atoms with van der Waals surface area (Å²) in [5.74, 6) is 0. The molecule has 1 heterocycles. The van der Waals surface area contributed by atoms with Gasteiger partial charge in [0.2, 0.25) is 0 Å². The number of hydrogen-bond donors (Lipinski definition) is 1. The Bertz CT molecular complexity index is 795. The average molecular weight is 320 g/mol. The van der Waals surface area contributed by atoms with Crippen LogP contribution >= 0.6 is 0 Å². The molecular weight excluding hydrogens is 307 g/mol. The van der Waals surface area contributed by atoms with E-state index in [1.165, 1.54) is 23.3 Å². The second-order valence-corrected chi connectivity index (χ2v) is 5.75. The third-order valence-electron chi connectivity index (χ3n) is 3.12. The van der Waals surface area contributed by atoms with Gasteiger partial charge in [-0.3, -0.25) is 9.48 Å². The van der Waals surface area contributed by atoms with E-state index in [0.717, 1.165) is 0 Å². The van der Waals surface area contributed by atoms with Crippen LogP contribution < -0.4 is 35.1 Å². The van der Waals surface area contributed by atoms with Gasteiger partial charge in [0.05, 0.1) is 11.3 Å². The standard InChI is InChI=1S/C12H14N2O5S.Na/c1-8-10(12(16)20(17,18)19)11(15)14(13(8)2)9-6-4-3-5-7-9;/h3-7,12,16H,1-2H3,(H,17,18,19);/q;+1/p-1. The smallest absolute Gasteiger partial charge is 0.746 e. The minimum atomic E-state index is -5.01. The van der Waals surface area contributed by atoms with E-state index in [2.05, 4.69) is 0 Å². The molecule has 0 amide bonds. The molecule has 0 bridgehead atoms. The molecule has 1 N–H and O–H groups in total. The van der Waals surface area contributed by atoms with Crippen LogP contribution in [-0.4, -0.2) is 27.4 Å². The zero-order chi connectivity index (χ0) is 15.1. The van der Waals surface area contributed by atoms with Gasteiger partial charge in [-0.05, 0) is 19.1 Å². The van der Waals surface area contributed by atoms with Gasteiger partial charge in [-0.25, -0.2) is 13.1 Å². The van der Waals surface area contributed by atoms with Gasteiger partial charge in [-0.2, -0.15) is 0 Å². The fraction of sp³-hybridized carbons (Fsp3) is 0.250. The van der Waals surface area contributed by atoms with Crippen LogP contribution in [0.25, 0.3) is 5.69 Å². The summed E-state index contributed by atoms with van der Waals surface area (Å²) in [4.78, 5) is 12.3. The second kappa shape index (κ2) is 6.47. The number of rotatable bonds is 3. The Balaban J connectivity index is 0.00000220. The molecule has 108 valence electrons. The SMILES string of the molecule is Cc1c(C(O)S(=O)(=O)[O-])c(=O)n(-c2ccccc2)n1C.[Na+]. The van der Waals surface area contributed by atoms with Crippen molar-refractivity contribution >= 4 is 10.1 Å². The summed E-state index contributed by atoms with van der Waals surface area (Å²) in [6, 6.07) is 8.50. The number of nitrogens with zero attached hydrogens (tertiary/aromatic N) is 2. The van der Waals surface area contributed by atoms with Gasteiger partial charge in [0, 0.05) is 12.7 Å². The molecule has 2 aromatic rings. The summed E-state index contributed by atoms with van der Waals surface area (Å²) in [6.07, 6.45) is 0. The van der Waals surface area contributed by atoms with E-state index in [9.17, 15) is 22.9 Å². The monoisotopic (exact) mass is 320 g/mol.